The first kappa shape index (κ1) is 18.1. The van der Waals surface area contributed by atoms with Gasteiger partial charge in [0.2, 0.25) is 0 Å². The predicted octanol–water partition coefficient (Wildman–Crippen LogP) is 2.68. The lowest BCUT2D eigenvalue weighted by Gasteiger charge is -2.48. The first-order valence-electron chi connectivity index (χ1n) is 10.1. The van der Waals surface area contributed by atoms with Crippen molar-refractivity contribution in [1.82, 2.24) is 15.1 Å². The van der Waals surface area contributed by atoms with Crippen molar-refractivity contribution in [3.05, 3.63) is 28.8 Å². The van der Waals surface area contributed by atoms with Crippen LogP contribution < -0.4 is 10.6 Å². The number of urea groups is 1. The molecular formula is C21H29N5O. The largest absolute Gasteiger partial charge is 0.384 e. The van der Waals surface area contributed by atoms with E-state index in [0.29, 0.717) is 17.9 Å². The minimum atomic E-state index is 0.0194. The average molecular weight is 367 g/mol. The van der Waals surface area contributed by atoms with Gasteiger partial charge in [-0.2, -0.15) is 5.26 Å². The van der Waals surface area contributed by atoms with Crippen LogP contribution in [0.15, 0.2) is 12.1 Å². The van der Waals surface area contributed by atoms with Crippen LogP contribution in [0.5, 0.6) is 0 Å². The summed E-state index contributed by atoms with van der Waals surface area (Å²) in [6.45, 7) is 7.28. The molecule has 1 aromatic rings. The Labute approximate surface area is 161 Å². The van der Waals surface area contributed by atoms with E-state index in [1.165, 1.54) is 16.8 Å². The van der Waals surface area contributed by atoms with Crippen molar-refractivity contribution in [2.24, 2.45) is 0 Å². The van der Waals surface area contributed by atoms with Crippen molar-refractivity contribution in [3.63, 3.8) is 0 Å². The third-order valence-corrected chi connectivity index (χ3v) is 6.71. The molecule has 0 bridgehead atoms. The summed E-state index contributed by atoms with van der Waals surface area (Å²) in [7, 11) is 2.16. The Morgan fingerprint density at radius 2 is 2.11 bits per heavy atom. The molecular weight excluding hydrogens is 338 g/mol. The summed E-state index contributed by atoms with van der Waals surface area (Å²) in [5.74, 6) is 0.792. The second-order valence-corrected chi connectivity index (χ2v) is 8.08. The molecule has 2 amide bonds. The number of likely N-dealkylation sites (N-methyl/N-ethyl adjacent to an activating group) is 1. The van der Waals surface area contributed by atoms with Gasteiger partial charge >= 0.3 is 6.03 Å². The van der Waals surface area contributed by atoms with E-state index in [4.69, 9.17) is 0 Å². The zero-order valence-corrected chi connectivity index (χ0v) is 16.5. The van der Waals surface area contributed by atoms with Gasteiger partial charge in [0.05, 0.1) is 11.6 Å². The monoisotopic (exact) mass is 367 g/mol. The van der Waals surface area contributed by atoms with Crippen LogP contribution in [0, 0.1) is 11.3 Å². The highest BCUT2D eigenvalue weighted by Crippen LogP contribution is 2.51. The molecule has 2 aliphatic heterocycles. The smallest absolute Gasteiger partial charge is 0.317 e. The van der Waals surface area contributed by atoms with Crippen LogP contribution in [-0.4, -0.2) is 61.1 Å². The standard InChI is InChI=1S/C21H29N5O/c1-4-26(5-2)21(27)24-15-9-16-18(25(3)12-15)8-14-11-23-17-7-6-13(10-22)19(16)20(14)17/h6-7,14-16,18,23H,4-5,8-9,11-12H2,1-3H3,(H,24,27)/t14?,15-,16?,18+/m0/s1. The molecule has 6 nitrogen and oxygen atoms in total. The molecule has 2 N–H and O–H groups in total. The van der Waals surface area contributed by atoms with E-state index in [1.54, 1.807) is 0 Å². The number of likely N-dealkylation sites (tertiary alicyclic amines) is 1. The Morgan fingerprint density at radius 1 is 1.33 bits per heavy atom. The van der Waals surface area contributed by atoms with Crippen molar-refractivity contribution in [2.75, 3.05) is 38.5 Å². The average Bonchev–Trinajstić information content (AvgIpc) is 3.07. The number of anilines is 1. The summed E-state index contributed by atoms with van der Waals surface area (Å²) in [6, 6.07) is 7.02. The van der Waals surface area contributed by atoms with Gasteiger partial charge in [0.1, 0.15) is 0 Å². The summed E-state index contributed by atoms with van der Waals surface area (Å²) in [5.41, 5.74) is 4.60. The van der Waals surface area contributed by atoms with Crippen LogP contribution >= 0.6 is 0 Å². The number of benzene rings is 1. The predicted molar refractivity (Wildman–Crippen MR) is 106 cm³/mol. The van der Waals surface area contributed by atoms with Crippen LogP contribution in [0.1, 0.15) is 55.2 Å². The number of carbonyl (C=O) groups is 1. The van der Waals surface area contributed by atoms with Crippen molar-refractivity contribution in [2.45, 2.75) is 50.6 Å². The zero-order valence-electron chi connectivity index (χ0n) is 16.5. The van der Waals surface area contributed by atoms with Gasteiger partial charge in [-0.15, -0.1) is 0 Å². The molecule has 2 unspecified atom stereocenters. The Bertz CT molecular complexity index is 782. The Balaban J connectivity index is 1.64. The molecule has 144 valence electrons. The van der Waals surface area contributed by atoms with Gasteiger partial charge in [-0.1, -0.05) is 0 Å². The fraction of sp³-hybridized carbons (Fsp3) is 0.619. The van der Waals surface area contributed by atoms with Gasteiger partial charge in [-0.3, -0.25) is 0 Å². The highest BCUT2D eigenvalue weighted by molar-refractivity contribution is 5.74. The number of fused-ring (bicyclic) bond motifs is 2. The normalized spacial score (nSPS) is 28.5. The van der Waals surface area contributed by atoms with Crippen molar-refractivity contribution in [3.8, 4) is 6.07 Å². The van der Waals surface area contributed by atoms with Gasteiger partial charge in [0.25, 0.3) is 0 Å². The van der Waals surface area contributed by atoms with E-state index >= 15 is 0 Å². The zero-order chi connectivity index (χ0) is 19.1. The van der Waals surface area contributed by atoms with Crippen molar-refractivity contribution < 1.29 is 4.79 Å². The molecule has 0 aromatic heterocycles. The number of hydrogen-bond acceptors (Lipinski definition) is 4. The molecule has 1 fully saturated rings. The first-order chi connectivity index (χ1) is 13.1. The summed E-state index contributed by atoms with van der Waals surface area (Å²) in [6.07, 6.45) is 2.03. The topological polar surface area (TPSA) is 71.4 Å². The van der Waals surface area contributed by atoms with E-state index in [2.05, 4.69) is 34.7 Å². The van der Waals surface area contributed by atoms with E-state index < -0.39 is 0 Å². The molecule has 4 atom stereocenters. The summed E-state index contributed by atoms with van der Waals surface area (Å²) in [4.78, 5) is 16.8. The molecule has 3 aliphatic rings. The number of rotatable bonds is 3. The van der Waals surface area contributed by atoms with Crippen LogP contribution in [-0.2, 0) is 0 Å². The second-order valence-electron chi connectivity index (χ2n) is 8.08. The van der Waals surface area contributed by atoms with Crippen LogP contribution in [0.25, 0.3) is 0 Å². The number of carbonyl (C=O) groups excluding carboxylic acids is 1. The third kappa shape index (κ3) is 2.94. The maximum Gasteiger partial charge on any atom is 0.317 e. The number of nitriles is 1. The van der Waals surface area contributed by atoms with Crippen molar-refractivity contribution >= 4 is 11.7 Å². The Morgan fingerprint density at radius 3 is 2.81 bits per heavy atom. The molecule has 27 heavy (non-hydrogen) atoms. The highest BCUT2D eigenvalue weighted by Gasteiger charge is 2.45. The molecule has 4 rings (SSSR count). The summed E-state index contributed by atoms with van der Waals surface area (Å²) in [5, 5.41) is 16.5. The van der Waals surface area contributed by atoms with E-state index in [-0.39, 0.29) is 12.1 Å². The van der Waals surface area contributed by atoms with Gasteiger partial charge in [-0.25, -0.2) is 4.79 Å². The lowest BCUT2D eigenvalue weighted by atomic mass is 9.68. The fourth-order valence-corrected chi connectivity index (χ4v) is 5.42. The molecule has 1 aliphatic carbocycles. The van der Waals surface area contributed by atoms with Gasteiger partial charge in [-0.05, 0) is 57.0 Å². The molecule has 0 saturated carbocycles. The van der Waals surface area contributed by atoms with E-state index in [1.807, 2.05) is 24.8 Å². The summed E-state index contributed by atoms with van der Waals surface area (Å²) < 4.78 is 0. The number of nitrogens with zero attached hydrogens (tertiary/aromatic N) is 3. The van der Waals surface area contributed by atoms with Crippen LogP contribution in [0.2, 0.25) is 0 Å². The lowest BCUT2D eigenvalue weighted by molar-refractivity contribution is 0.108. The maximum absolute atomic E-state index is 12.6. The molecule has 2 heterocycles. The number of nitrogens with one attached hydrogen (secondary N) is 2. The maximum atomic E-state index is 12.6. The molecule has 0 radical (unpaired) electrons. The first-order valence-corrected chi connectivity index (χ1v) is 10.1. The SMILES string of the molecule is CCN(CC)C(=O)N[C@H]1CC2c3c(C#N)ccc4c3C(CN4)C[C@H]2N(C)C1. The van der Waals surface area contributed by atoms with E-state index in [0.717, 1.165) is 44.6 Å². The molecule has 0 spiro atoms. The lowest BCUT2D eigenvalue weighted by Crippen LogP contribution is -2.56. The number of hydrogen-bond donors (Lipinski definition) is 2. The Hall–Kier alpha value is -2.26. The van der Waals surface area contributed by atoms with E-state index in [9.17, 15) is 10.1 Å². The molecule has 1 saturated heterocycles. The minimum Gasteiger partial charge on any atom is -0.384 e. The molecule has 6 heteroatoms. The van der Waals surface area contributed by atoms with Crippen molar-refractivity contribution in [1.29, 1.82) is 5.26 Å². The minimum absolute atomic E-state index is 0.0194. The highest BCUT2D eigenvalue weighted by atomic mass is 16.2. The number of piperidine rings is 1. The molecule has 1 aromatic carbocycles. The second kappa shape index (κ2) is 7.05. The van der Waals surface area contributed by atoms with Gasteiger partial charge in [0.15, 0.2) is 0 Å². The fourth-order valence-electron chi connectivity index (χ4n) is 5.42. The number of amides is 2. The third-order valence-electron chi connectivity index (χ3n) is 6.71. The quantitative estimate of drug-likeness (QED) is 0.862. The Kier molecular flexibility index (Phi) is 4.73. The van der Waals surface area contributed by atoms with Gasteiger partial charge < -0.3 is 20.4 Å². The van der Waals surface area contributed by atoms with Crippen LogP contribution in [0.4, 0.5) is 10.5 Å². The van der Waals surface area contributed by atoms with Crippen LogP contribution in [0.3, 0.4) is 0 Å². The van der Waals surface area contributed by atoms with Gasteiger partial charge in [0, 0.05) is 55.8 Å². The summed E-state index contributed by atoms with van der Waals surface area (Å²) >= 11 is 0.